The molecule has 98 valence electrons. The van der Waals surface area contributed by atoms with E-state index in [9.17, 15) is 4.79 Å². The normalized spacial score (nSPS) is 11.0. The van der Waals surface area contributed by atoms with Crippen LogP contribution in [0.3, 0.4) is 0 Å². The van der Waals surface area contributed by atoms with Crippen LogP contribution in [0.25, 0.3) is 10.3 Å². The quantitative estimate of drug-likeness (QED) is 0.779. The number of aliphatic hydroxyl groups excluding tert-OH is 1. The van der Waals surface area contributed by atoms with Crippen molar-refractivity contribution in [1.82, 2.24) is 0 Å². The number of aliphatic hydroxyl groups is 1. The Labute approximate surface area is 108 Å². The van der Waals surface area contributed by atoms with Crippen molar-refractivity contribution in [2.45, 2.75) is 6.92 Å². The summed E-state index contributed by atoms with van der Waals surface area (Å²) in [6, 6.07) is 1.45. The van der Waals surface area contributed by atoms with Gasteiger partial charge in [0, 0.05) is 18.2 Å². The SMILES string of the molecule is Cc1csc2c(=O)cc(NCCOCCO)oc12. The Bertz CT molecular complexity index is 575. The number of hydrogen-bond acceptors (Lipinski definition) is 6. The number of aryl methyl sites for hydroxylation is 1. The van der Waals surface area contributed by atoms with Crippen LogP contribution < -0.4 is 10.7 Å². The van der Waals surface area contributed by atoms with E-state index in [1.165, 1.54) is 17.4 Å². The Kier molecular flexibility index (Phi) is 4.35. The van der Waals surface area contributed by atoms with Crippen molar-refractivity contribution in [2.24, 2.45) is 0 Å². The molecule has 0 spiro atoms. The molecule has 0 aliphatic rings. The second kappa shape index (κ2) is 5.99. The van der Waals surface area contributed by atoms with Gasteiger partial charge in [0.1, 0.15) is 4.70 Å². The Hall–Kier alpha value is -1.37. The van der Waals surface area contributed by atoms with E-state index in [2.05, 4.69) is 5.32 Å². The van der Waals surface area contributed by atoms with Gasteiger partial charge < -0.3 is 19.6 Å². The molecule has 0 bridgehead atoms. The lowest BCUT2D eigenvalue weighted by atomic mass is 10.3. The van der Waals surface area contributed by atoms with E-state index in [4.69, 9.17) is 14.3 Å². The van der Waals surface area contributed by atoms with Crippen LogP contribution in [0, 0.1) is 6.92 Å². The zero-order valence-electron chi connectivity index (χ0n) is 10.1. The van der Waals surface area contributed by atoms with Gasteiger partial charge in [-0.15, -0.1) is 11.3 Å². The molecule has 6 heteroatoms. The molecule has 0 amide bonds. The molecule has 0 unspecified atom stereocenters. The molecule has 0 aliphatic carbocycles. The molecular weight excluding hydrogens is 254 g/mol. The van der Waals surface area contributed by atoms with Gasteiger partial charge in [0.2, 0.25) is 5.43 Å². The molecule has 18 heavy (non-hydrogen) atoms. The average Bonchev–Trinajstić information content (AvgIpc) is 2.72. The van der Waals surface area contributed by atoms with Crippen molar-refractivity contribution >= 4 is 27.5 Å². The minimum atomic E-state index is -0.0341. The number of hydrogen-bond donors (Lipinski definition) is 2. The summed E-state index contributed by atoms with van der Waals surface area (Å²) < 4.78 is 11.4. The predicted octanol–water partition coefficient (Wildman–Crippen LogP) is 1.58. The number of anilines is 1. The number of fused-ring (bicyclic) bond motifs is 1. The third-order valence-electron chi connectivity index (χ3n) is 2.40. The highest BCUT2D eigenvalue weighted by Gasteiger charge is 2.08. The molecule has 0 saturated carbocycles. The Morgan fingerprint density at radius 3 is 3.11 bits per heavy atom. The van der Waals surface area contributed by atoms with Crippen molar-refractivity contribution < 1.29 is 14.3 Å². The van der Waals surface area contributed by atoms with Gasteiger partial charge in [-0.1, -0.05) is 0 Å². The fourth-order valence-electron chi connectivity index (χ4n) is 1.55. The Balaban J connectivity index is 2.05. The van der Waals surface area contributed by atoms with Crippen LogP contribution in [0.1, 0.15) is 5.56 Å². The van der Waals surface area contributed by atoms with E-state index in [0.29, 0.717) is 35.9 Å². The number of rotatable bonds is 6. The van der Waals surface area contributed by atoms with Crippen molar-refractivity contribution in [1.29, 1.82) is 0 Å². The third kappa shape index (κ3) is 2.90. The molecule has 0 aromatic carbocycles. The second-order valence-corrected chi connectivity index (χ2v) is 4.69. The lowest BCUT2D eigenvalue weighted by Gasteiger charge is -2.05. The topological polar surface area (TPSA) is 71.7 Å². The van der Waals surface area contributed by atoms with Crippen LogP contribution in [0.4, 0.5) is 5.88 Å². The highest BCUT2D eigenvalue weighted by atomic mass is 32.1. The second-order valence-electron chi connectivity index (χ2n) is 3.81. The first-order valence-corrected chi connectivity index (χ1v) is 6.55. The van der Waals surface area contributed by atoms with E-state index in [0.717, 1.165) is 5.56 Å². The molecule has 2 heterocycles. The van der Waals surface area contributed by atoms with Crippen molar-refractivity contribution in [3.63, 3.8) is 0 Å². The minimum absolute atomic E-state index is 0.00907. The molecule has 0 fully saturated rings. The fourth-order valence-corrected chi connectivity index (χ4v) is 2.44. The Morgan fingerprint density at radius 1 is 1.50 bits per heavy atom. The summed E-state index contributed by atoms with van der Waals surface area (Å²) in [6.07, 6.45) is 0. The summed E-state index contributed by atoms with van der Waals surface area (Å²) >= 11 is 1.40. The van der Waals surface area contributed by atoms with Gasteiger partial charge in [0.25, 0.3) is 0 Å². The summed E-state index contributed by atoms with van der Waals surface area (Å²) in [5, 5.41) is 13.4. The van der Waals surface area contributed by atoms with Crippen LogP contribution in [-0.2, 0) is 4.74 Å². The molecule has 0 aliphatic heterocycles. The molecule has 0 saturated heterocycles. The number of thiophene rings is 1. The van der Waals surface area contributed by atoms with Gasteiger partial charge in [-0.25, -0.2) is 0 Å². The van der Waals surface area contributed by atoms with Crippen molar-refractivity contribution in [3.8, 4) is 0 Å². The molecule has 0 atom stereocenters. The van der Waals surface area contributed by atoms with Gasteiger partial charge in [-0.2, -0.15) is 0 Å². The zero-order chi connectivity index (χ0) is 13.0. The number of nitrogens with one attached hydrogen (secondary N) is 1. The molecule has 2 aromatic rings. The molecule has 5 nitrogen and oxygen atoms in total. The van der Waals surface area contributed by atoms with Gasteiger partial charge in [0.15, 0.2) is 11.5 Å². The van der Waals surface area contributed by atoms with Crippen molar-refractivity contribution in [2.75, 3.05) is 31.7 Å². The first-order chi connectivity index (χ1) is 8.72. The lowest BCUT2D eigenvalue weighted by molar-refractivity contribution is 0.0990. The van der Waals surface area contributed by atoms with E-state index >= 15 is 0 Å². The first kappa shape index (κ1) is 13.1. The van der Waals surface area contributed by atoms with Crippen LogP contribution in [0.2, 0.25) is 0 Å². The van der Waals surface area contributed by atoms with E-state index < -0.39 is 0 Å². The lowest BCUT2D eigenvalue weighted by Crippen LogP contribution is -2.12. The molecular formula is C12H15NO4S. The largest absolute Gasteiger partial charge is 0.439 e. The predicted molar refractivity (Wildman–Crippen MR) is 71.5 cm³/mol. The van der Waals surface area contributed by atoms with Crippen LogP contribution >= 0.6 is 11.3 Å². The standard InChI is InChI=1S/C12H15NO4S/c1-8-7-18-12-9(15)6-10(17-11(8)12)13-2-4-16-5-3-14/h6-7,13-14H,2-5H2,1H3. The van der Waals surface area contributed by atoms with Crippen LogP contribution in [-0.4, -0.2) is 31.5 Å². The van der Waals surface area contributed by atoms with E-state index in [-0.39, 0.29) is 12.0 Å². The van der Waals surface area contributed by atoms with Gasteiger partial charge >= 0.3 is 0 Å². The minimum Gasteiger partial charge on any atom is -0.439 e. The molecule has 2 N–H and O–H groups in total. The fraction of sp³-hybridized carbons (Fsp3) is 0.417. The highest BCUT2D eigenvalue weighted by Crippen LogP contribution is 2.24. The van der Waals surface area contributed by atoms with Gasteiger partial charge in [0.05, 0.1) is 19.8 Å². The summed E-state index contributed by atoms with van der Waals surface area (Å²) in [7, 11) is 0. The summed E-state index contributed by atoms with van der Waals surface area (Å²) in [4.78, 5) is 11.8. The van der Waals surface area contributed by atoms with E-state index in [1.54, 1.807) is 0 Å². The summed E-state index contributed by atoms with van der Waals surface area (Å²) in [5.41, 5.74) is 1.58. The Morgan fingerprint density at radius 2 is 2.33 bits per heavy atom. The molecule has 0 radical (unpaired) electrons. The zero-order valence-corrected chi connectivity index (χ0v) is 10.9. The van der Waals surface area contributed by atoms with E-state index in [1.807, 2.05) is 12.3 Å². The van der Waals surface area contributed by atoms with Crippen LogP contribution in [0.5, 0.6) is 0 Å². The van der Waals surface area contributed by atoms with Gasteiger partial charge in [-0.3, -0.25) is 4.79 Å². The summed E-state index contributed by atoms with van der Waals surface area (Å²) in [6.45, 7) is 3.21. The monoisotopic (exact) mass is 269 g/mol. The van der Waals surface area contributed by atoms with Crippen LogP contribution in [0.15, 0.2) is 20.7 Å². The number of ether oxygens (including phenoxy) is 1. The first-order valence-electron chi connectivity index (χ1n) is 5.67. The maximum atomic E-state index is 11.8. The third-order valence-corrected chi connectivity index (χ3v) is 3.49. The molecule has 2 aromatic heterocycles. The smallest absolute Gasteiger partial charge is 0.204 e. The maximum Gasteiger partial charge on any atom is 0.204 e. The highest BCUT2D eigenvalue weighted by molar-refractivity contribution is 7.17. The molecule has 2 rings (SSSR count). The maximum absolute atomic E-state index is 11.8. The van der Waals surface area contributed by atoms with Gasteiger partial charge in [-0.05, 0) is 12.3 Å². The van der Waals surface area contributed by atoms with Crippen molar-refractivity contribution in [3.05, 3.63) is 27.2 Å². The summed E-state index contributed by atoms with van der Waals surface area (Å²) in [5.74, 6) is 0.446. The average molecular weight is 269 g/mol.